The number of anilines is 1. The molecule has 0 aliphatic heterocycles. The third-order valence-corrected chi connectivity index (χ3v) is 5.40. The zero-order chi connectivity index (χ0) is 22.5. The standard InChI is InChI=1S/C22H30Cl2N4O2/c1-6-8-11-27(21(30)7-2)14-20(29)25-19-13-18(22(3,4)5)26-28(19)15-9-10-16(23)17(24)12-15/h9-10,12-13H,6-8,11,14H2,1-5H3,(H,25,29). The fourth-order valence-corrected chi connectivity index (χ4v) is 3.16. The predicted molar refractivity (Wildman–Crippen MR) is 123 cm³/mol. The molecule has 0 radical (unpaired) electrons. The van der Waals surface area contributed by atoms with Crippen LogP contribution in [0.25, 0.3) is 5.69 Å². The van der Waals surface area contributed by atoms with Gasteiger partial charge in [-0.2, -0.15) is 5.10 Å². The summed E-state index contributed by atoms with van der Waals surface area (Å²) in [6, 6.07) is 7.03. The average Bonchev–Trinajstić information content (AvgIpc) is 3.10. The van der Waals surface area contributed by atoms with Gasteiger partial charge in [0.2, 0.25) is 11.8 Å². The van der Waals surface area contributed by atoms with Crippen molar-refractivity contribution in [2.75, 3.05) is 18.4 Å². The number of benzene rings is 1. The maximum atomic E-state index is 12.8. The highest BCUT2D eigenvalue weighted by Gasteiger charge is 2.23. The maximum absolute atomic E-state index is 12.8. The van der Waals surface area contributed by atoms with Gasteiger partial charge in [-0.05, 0) is 24.6 Å². The minimum atomic E-state index is -0.269. The van der Waals surface area contributed by atoms with Crippen molar-refractivity contribution in [3.63, 3.8) is 0 Å². The number of nitrogens with zero attached hydrogens (tertiary/aromatic N) is 3. The third kappa shape index (κ3) is 6.22. The zero-order valence-electron chi connectivity index (χ0n) is 18.3. The summed E-state index contributed by atoms with van der Waals surface area (Å²) in [5.41, 5.74) is 1.28. The van der Waals surface area contributed by atoms with Crippen LogP contribution in [0.4, 0.5) is 5.82 Å². The number of unbranched alkanes of at least 4 members (excludes halogenated alkanes) is 1. The van der Waals surface area contributed by atoms with Gasteiger partial charge >= 0.3 is 0 Å². The molecule has 2 rings (SSSR count). The summed E-state index contributed by atoms with van der Waals surface area (Å²) in [7, 11) is 0. The van der Waals surface area contributed by atoms with E-state index in [4.69, 9.17) is 23.2 Å². The van der Waals surface area contributed by atoms with Gasteiger partial charge in [0.15, 0.2) is 0 Å². The molecule has 2 amide bonds. The molecule has 1 aromatic heterocycles. The summed E-state index contributed by atoms with van der Waals surface area (Å²) >= 11 is 12.2. The minimum absolute atomic E-state index is 0.00405. The Hall–Kier alpha value is -2.05. The zero-order valence-corrected chi connectivity index (χ0v) is 19.8. The summed E-state index contributed by atoms with van der Waals surface area (Å²) in [6.45, 7) is 10.6. The lowest BCUT2D eigenvalue weighted by molar-refractivity contribution is -0.134. The summed E-state index contributed by atoms with van der Waals surface area (Å²) in [6.07, 6.45) is 2.18. The Bertz CT molecular complexity index is 903. The van der Waals surface area contributed by atoms with Gasteiger partial charge < -0.3 is 10.2 Å². The van der Waals surface area contributed by atoms with Crippen LogP contribution in [-0.2, 0) is 15.0 Å². The molecule has 0 spiro atoms. The number of hydrogen-bond donors (Lipinski definition) is 1. The summed E-state index contributed by atoms with van der Waals surface area (Å²) < 4.78 is 1.64. The van der Waals surface area contributed by atoms with Crippen molar-refractivity contribution in [2.45, 2.75) is 59.3 Å². The first-order chi connectivity index (χ1) is 14.1. The molecule has 30 heavy (non-hydrogen) atoms. The van der Waals surface area contributed by atoms with Crippen LogP contribution in [0.3, 0.4) is 0 Å². The van der Waals surface area contributed by atoms with Crippen molar-refractivity contribution < 1.29 is 9.59 Å². The predicted octanol–water partition coefficient (Wildman–Crippen LogP) is 5.45. The van der Waals surface area contributed by atoms with E-state index < -0.39 is 0 Å². The van der Waals surface area contributed by atoms with Crippen molar-refractivity contribution in [1.82, 2.24) is 14.7 Å². The van der Waals surface area contributed by atoms with E-state index in [-0.39, 0.29) is 23.8 Å². The SMILES string of the molecule is CCCCN(CC(=O)Nc1cc(C(C)(C)C)nn1-c1ccc(Cl)c(Cl)c1)C(=O)CC. The monoisotopic (exact) mass is 452 g/mol. The maximum Gasteiger partial charge on any atom is 0.245 e. The van der Waals surface area contributed by atoms with Gasteiger partial charge in [-0.15, -0.1) is 0 Å². The first-order valence-electron chi connectivity index (χ1n) is 10.2. The first-order valence-corrected chi connectivity index (χ1v) is 11.0. The number of aromatic nitrogens is 2. The van der Waals surface area contributed by atoms with E-state index in [0.29, 0.717) is 34.5 Å². The molecule has 0 bridgehead atoms. The number of rotatable bonds is 8. The average molecular weight is 453 g/mol. The lowest BCUT2D eigenvalue weighted by Crippen LogP contribution is -2.38. The molecule has 6 nitrogen and oxygen atoms in total. The largest absolute Gasteiger partial charge is 0.333 e. The molecule has 8 heteroatoms. The Morgan fingerprint density at radius 2 is 1.83 bits per heavy atom. The third-order valence-electron chi connectivity index (χ3n) is 4.66. The second-order valence-corrected chi connectivity index (χ2v) is 9.06. The van der Waals surface area contributed by atoms with E-state index >= 15 is 0 Å². The topological polar surface area (TPSA) is 67.2 Å². The number of amides is 2. The van der Waals surface area contributed by atoms with Gasteiger partial charge in [-0.25, -0.2) is 4.68 Å². The number of nitrogens with one attached hydrogen (secondary N) is 1. The summed E-state index contributed by atoms with van der Waals surface area (Å²) in [4.78, 5) is 26.6. The van der Waals surface area contributed by atoms with E-state index in [0.717, 1.165) is 18.5 Å². The molecule has 2 aromatic rings. The second-order valence-electron chi connectivity index (χ2n) is 8.25. The molecule has 0 aliphatic rings. The highest BCUT2D eigenvalue weighted by molar-refractivity contribution is 6.42. The van der Waals surface area contributed by atoms with Gasteiger partial charge in [0.05, 0.1) is 28.0 Å². The fraction of sp³-hybridized carbons (Fsp3) is 0.500. The smallest absolute Gasteiger partial charge is 0.245 e. The van der Waals surface area contributed by atoms with Crippen LogP contribution in [0.1, 0.15) is 59.6 Å². The number of carbonyl (C=O) groups excluding carboxylic acids is 2. The van der Waals surface area contributed by atoms with Crippen LogP contribution in [0.2, 0.25) is 10.0 Å². The van der Waals surface area contributed by atoms with E-state index in [1.165, 1.54) is 0 Å². The van der Waals surface area contributed by atoms with Crippen molar-refractivity contribution in [3.05, 3.63) is 40.0 Å². The van der Waals surface area contributed by atoms with Gasteiger partial charge in [0.1, 0.15) is 5.82 Å². The van der Waals surface area contributed by atoms with Gasteiger partial charge in [0, 0.05) is 24.4 Å². The van der Waals surface area contributed by atoms with Crippen LogP contribution in [0.15, 0.2) is 24.3 Å². The van der Waals surface area contributed by atoms with Crippen LogP contribution >= 0.6 is 23.2 Å². The molecule has 0 saturated carbocycles. The van der Waals surface area contributed by atoms with E-state index in [2.05, 4.69) is 17.3 Å². The Balaban J connectivity index is 2.32. The van der Waals surface area contributed by atoms with Crippen LogP contribution < -0.4 is 5.32 Å². The molecule has 1 N–H and O–H groups in total. The molecule has 164 valence electrons. The molecule has 0 fully saturated rings. The van der Waals surface area contributed by atoms with Crippen molar-refractivity contribution in [3.8, 4) is 5.69 Å². The van der Waals surface area contributed by atoms with Crippen LogP contribution in [0, 0.1) is 0 Å². The number of halogens is 2. The molecule has 0 atom stereocenters. The molecule has 0 saturated heterocycles. The van der Waals surface area contributed by atoms with E-state index in [1.807, 2.05) is 26.8 Å². The molecule has 0 unspecified atom stereocenters. The minimum Gasteiger partial charge on any atom is -0.333 e. The Kier molecular flexibility index (Phi) is 8.33. The molecule has 0 aliphatic carbocycles. The number of carbonyl (C=O) groups is 2. The van der Waals surface area contributed by atoms with Crippen LogP contribution in [0.5, 0.6) is 0 Å². The van der Waals surface area contributed by atoms with E-state index in [1.54, 1.807) is 34.7 Å². The first kappa shape index (κ1) is 24.2. The quantitative estimate of drug-likeness (QED) is 0.578. The Morgan fingerprint density at radius 3 is 2.40 bits per heavy atom. The Labute approximate surface area is 188 Å². The molecular weight excluding hydrogens is 423 g/mol. The normalized spacial score (nSPS) is 11.4. The summed E-state index contributed by atoms with van der Waals surface area (Å²) in [5.74, 6) is 0.212. The lowest BCUT2D eigenvalue weighted by Gasteiger charge is -2.21. The second kappa shape index (κ2) is 10.3. The molecule has 1 aromatic carbocycles. The Morgan fingerprint density at radius 1 is 1.13 bits per heavy atom. The van der Waals surface area contributed by atoms with Crippen molar-refractivity contribution >= 4 is 40.8 Å². The van der Waals surface area contributed by atoms with Crippen LogP contribution in [-0.4, -0.2) is 39.6 Å². The fourth-order valence-electron chi connectivity index (χ4n) is 2.87. The number of hydrogen-bond acceptors (Lipinski definition) is 3. The lowest BCUT2D eigenvalue weighted by atomic mass is 9.92. The highest BCUT2D eigenvalue weighted by atomic mass is 35.5. The van der Waals surface area contributed by atoms with Crippen molar-refractivity contribution in [1.29, 1.82) is 0 Å². The van der Waals surface area contributed by atoms with Gasteiger partial charge in [0.25, 0.3) is 0 Å². The molecular formula is C22H30Cl2N4O2. The summed E-state index contributed by atoms with van der Waals surface area (Å²) in [5, 5.41) is 8.43. The van der Waals surface area contributed by atoms with Gasteiger partial charge in [-0.1, -0.05) is 64.2 Å². The molecule has 1 heterocycles. The highest BCUT2D eigenvalue weighted by Crippen LogP contribution is 2.29. The van der Waals surface area contributed by atoms with Crippen molar-refractivity contribution in [2.24, 2.45) is 0 Å². The van der Waals surface area contributed by atoms with E-state index in [9.17, 15) is 9.59 Å². The van der Waals surface area contributed by atoms with Gasteiger partial charge in [-0.3, -0.25) is 9.59 Å².